The minimum Gasteiger partial charge on any atom is -0.483 e. The number of carbonyl (C=O) groups is 2. The summed E-state index contributed by atoms with van der Waals surface area (Å²) in [5.41, 5.74) is 6.64. The first-order valence-electron chi connectivity index (χ1n) is 7.10. The van der Waals surface area contributed by atoms with E-state index in [1.807, 2.05) is 32.0 Å². The third kappa shape index (κ3) is 4.82. The van der Waals surface area contributed by atoms with E-state index in [2.05, 4.69) is 16.2 Å². The number of rotatable bonds is 4. The van der Waals surface area contributed by atoms with Gasteiger partial charge in [0, 0.05) is 0 Å². The Morgan fingerprint density at radius 2 is 1.83 bits per heavy atom. The largest absolute Gasteiger partial charge is 0.483 e. The number of aryl methyl sites for hydroxylation is 2. The van der Waals surface area contributed by atoms with Crippen LogP contribution in [0.25, 0.3) is 0 Å². The minimum atomic E-state index is -0.515. The van der Waals surface area contributed by atoms with Crippen LogP contribution in [-0.4, -0.2) is 23.5 Å². The molecule has 126 valence electrons. The molecular weight excluding hydrogens is 330 g/mol. The number of benzene rings is 1. The zero-order valence-corrected chi connectivity index (χ0v) is 14.0. The van der Waals surface area contributed by atoms with Crippen LogP contribution in [0.5, 0.6) is 5.75 Å². The fraction of sp³-hybridized carbons (Fsp3) is 0.188. The highest BCUT2D eigenvalue weighted by molar-refractivity contribution is 7.80. The number of ether oxygens (including phenoxy) is 1. The Hall–Kier alpha value is -2.87. The second kappa shape index (κ2) is 8.11. The molecular formula is C16H17N3O4S. The first-order valence-corrected chi connectivity index (χ1v) is 7.51. The maximum absolute atomic E-state index is 11.8. The number of amides is 2. The molecule has 0 atom stereocenters. The zero-order chi connectivity index (χ0) is 17.5. The SMILES string of the molecule is Cc1cccc(C)c1OCC(=O)NNC(=S)NC(=O)c1ccco1. The smallest absolute Gasteiger partial charge is 0.293 e. The third-order valence-electron chi connectivity index (χ3n) is 3.04. The zero-order valence-electron chi connectivity index (χ0n) is 13.2. The van der Waals surface area contributed by atoms with Crippen LogP contribution in [0.1, 0.15) is 21.7 Å². The number of hydrogen-bond acceptors (Lipinski definition) is 5. The summed E-state index contributed by atoms with van der Waals surface area (Å²) < 4.78 is 10.4. The molecule has 8 heteroatoms. The highest BCUT2D eigenvalue weighted by Crippen LogP contribution is 2.21. The number of nitrogens with one attached hydrogen (secondary N) is 3. The van der Waals surface area contributed by atoms with Crippen molar-refractivity contribution in [2.75, 3.05) is 6.61 Å². The van der Waals surface area contributed by atoms with Crippen molar-refractivity contribution in [2.24, 2.45) is 0 Å². The van der Waals surface area contributed by atoms with Crippen molar-refractivity contribution in [1.29, 1.82) is 0 Å². The lowest BCUT2D eigenvalue weighted by molar-refractivity contribution is -0.123. The normalized spacial score (nSPS) is 9.92. The van der Waals surface area contributed by atoms with Crippen molar-refractivity contribution >= 4 is 29.1 Å². The Bertz CT molecular complexity index is 724. The molecule has 2 amide bonds. The molecule has 0 bridgehead atoms. The maximum Gasteiger partial charge on any atom is 0.293 e. The molecule has 3 N–H and O–H groups in total. The molecule has 0 unspecified atom stereocenters. The maximum atomic E-state index is 11.8. The monoisotopic (exact) mass is 347 g/mol. The van der Waals surface area contributed by atoms with Crippen LogP contribution < -0.4 is 20.9 Å². The number of para-hydroxylation sites is 1. The van der Waals surface area contributed by atoms with Gasteiger partial charge in [-0.3, -0.25) is 25.8 Å². The molecule has 0 radical (unpaired) electrons. The molecule has 0 saturated heterocycles. The molecule has 0 aliphatic rings. The Kier molecular flexibility index (Phi) is 5.91. The number of furan rings is 1. The molecule has 0 aliphatic carbocycles. The minimum absolute atomic E-state index is 0.0585. The standard InChI is InChI=1S/C16H17N3O4S/c1-10-5-3-6-11(2)14(10)23-9-13(20)18-19-16(24)17-15(21)12-7-4-8-22-12/h3-8H,9H2,1-2H3,(H,18,20)(H2,17,19,21,24). The molecule has 0 aliphatic heterocycles. The molecule has 2 rings (SSSR count). The molecule has 0 saturated carbocycles. The van der Waals surface area contributed by atoms with Gasteiger partial charge in [-0.1, -0.05) is 18.2 Å². The summed E-state index contributed by atoms with van der Waals surface area (Å²) in [6, 6.07) is 8.79. The second-order valence-corrected chi connectivity index (χ2v) is 5.35. The van der Waals surface area contributed by atoms with Gasteiger partial charge in [0.15, 0.2) is 17.5 Å². The Balaban J connectivity index is 1.75. The summed E-state index contributed by atoms with van der Waals surface area (Å²) in [4.78, 5) is 23.4. The Morgan fingerprint density at radius 1 is 1.12 bits per heavy atom. The van der Waals surface area contributed by atoms with Crippen molar-refractivity contribution in [2.45, 2.75) is 13.8 Å². The van der Waals surface area contributed by atoms with Gasteiger partial charge < -0.3 is 9.15 Å². The lowest BCUT2D eigenvalue weighted by Gasteiger charge is -2.13. The first kappa shape index (κ1) is 17.5. The Labute approximate surface area is 144 Å². The van der Waals surface area contributed by atoms with Crippen molar-refractivity contribution in [3.05, 3.63) is 53.5 Å². The molecule has 0 fully saturated rings. The fourth-order valence-corrected chi connectivity index (χ4v) is 2.07. The quantitative estimate of drug-likeness (QED) is 0.575. The predicted molar refractivity (Wildman–Crippen MR) is 91.5 cm³/mol. The van der Waals surface area contributed by atoms with Crippen LogP contribution in [-0.2, 0) is 4.79 Å². The van der Waals surface area contributed by atoms with Gasteiger partial charge in [-0.15, -0.1) is 0 Å². The van der Waals surface area contributed by atoms with Crippen LogP contribution in [0.2, 0.25) is 0 Å². The molecule has 0 spiro atoms. The average molecular weight is 347 g/mol. The molecule has 1 aromatic carbocycles. The highest BCUT2D eigenvalue weighted by atomic mass is 32.1. The summed E-state index contributed by atoms with van der Waals surface area (Å²) in [7, 11) is 0. The number of hydrazine groups is 1. The van der Waals surface area contributed by atoms with E-state index in [1.54, 1.807) is 6.07 Å². The third-order valence-corrected chi connectivity index (χ3v) is 3.25. The summed E-state index contributed by atoms with van der Waals surface area (Å²) >= 11 is 4.90. The van der Waals surface area contributed by atoms with Gasteiger partial charge in [-0.2, -0.15) is 0 Å². The van der Waals surface area contributed by atoms with Gasteiger partial charge in [0.2, 0.25) is 0 Å². The first-order chi connectivity index (χ1) is 11.5. The van der Waals surface area contributed by atoms with E-state index in [9.17, 15) is 9.59 Å². The van der Waals surface area contributed by atoms with Gasteiger partial charge in [0.05, 0.1) is 6.26 Å². The highest BCUT2D eigenvalue weighted by Gasteiger charge is 2.11. The second-order valence-electron chi connectivity index (χ2n) is 4.94. The van der Waals surface area contributed by atoms with Crippen molar-refractivity contribution in [3.8, 4) is 5.75 Å². The Morgan fingerprint density at radius 3 is 2.46 bits per heavy atom. The summed E-state index contributed by atoms with van der Waals surface area (Å²) in [6.45, 7) is 3.61. The molecule has 7 nitrogen and oxygen atoms in total. The summed E-state index contributed by atoms with van der Waals surface area (Å²) in [5, 5.41) is 2.30. The van der Waals surface area contributed by atoms with Crippen LogP contribution in [0.15, 0.2) is 41.0 Å². The number of carbonyl (C=O) groups excluding carboxylic acids is 2. The van der Waals surface area contributed by atoms with Crippen molar-refractivity contribution < 1.29 is 18.7 Å². The van der Waals surface area contributed by atoms with Crippen LogP contribution in [0.3, 0.4) is 0 Å². The number of hydrogen-bond donors (Lipinski definition) is 3. The lowest BCUT2D eigenvalue weighted by Crippen LogP contribution is -2.49. The molecule has 1 heterocycles. The molecule has 1 aromatic heterocycles. The van der Waals surface area contributed by atoms with E-state index in [0.29, 0.717) is 5.75 Å². The van der Waals surface area contributed by atoms with Crippen LogP contribution in [0.4, 0.5) is 0 Å². The molecule has 2 aromatic rings. The summed E-state index contributed by atoms with van der Waals surface area (Å²) in [5.74, 6) is -0.170. The molecule has 24 heavy (non-hydrogen) atoms. The van der Waals surface area contributed by atoms with Gasteiger partial charge in [0.25, 0.3) is 11.8 Å². The van der Waals surface area contributed by atoms with E-state index in [4.69, 9.17) is 21.4 Å². The van der Waals surface area contributed by atoms with E-state index < -0.39 is 11.8 Å². The lowest BCUT2D eigenvalue weighted by atomic mass is 10.1. The van der Waals surface area contributed by atoms with Gasteiger partial charge in [-0.05, 0) is 49.3 Å². The predicted octanol–water partition coefficient (Wildman–Crippen LogP) is 1.61. The van der Waals surface area contributed by atoms with E-state index >= 15 is 0 Å². The van der Waals surface area contributed by atoms with E-state index in [-0.39, 0.29) is 17.5 Å². The number of thiocarbonyl (C=S) groups is 1. The average Bonchev–Trinajstić information content (AvgIpc) is 3.07. The van der Waals surface area contributed by atoms with Crippen LogP contribution >= 0.6 is 12.2 Å². The topological polar surface area (TPSA) is 92.6 Å². The van der Waals surface area contributed by atoms with E-state index in [0.717, 1.165) is 11.1 Å². The van der Waals surface area contributed by atoms with Crippen molar-refractivity contribution in [3.63, 3.8) is 0 Å². The van der Waals surface area contributed by atoms with Gasteiger partial charge in [-0.25, -0.2) is 0 Å². The van der Waals surface area contributed by atoms with Crippen LogP contribution in [0, 0.1) is 13.8 Å². The van der Waals surface area contributed by atoms with Crippen molar-refractivity contribution in [1.82, 2.24) is 16.2 Å². The summed E-state index contributed by atoms with van der Waals surface area (Å²) in [6.07, 6.45) is 1.37. The van der Waals surface area contributed by atoms with Gasteiger partial charge >= 0.3 is 0 Å². The van der Waals surface area contributed by atoms with E-state index in [1.165, 1.54) is 12.3 Å². The van der Waals surface area contributed by atoms with Gasteiger partial charge in [0.1, 0.15) is 5.75 Å². The fourth-order valence-electron chi connectivity index (χ4n) is 1.93.